The number of carbonyl (C=O) groups excluding carboxylic acids is 1. The molecule has 0 unspecified atom stereocenters. The Hall–Kier alpha value is -2.94. The van der Waals surface area contributed by atoms with Gasteiger partial charge in [0.15, 0.2) is 5.13 Å². The molecule has 1 aromatic carbocycles. The number of carbonyl (C=O) groups is 1. The number of benzene rings is 1. The number of nitrogens with one attached hydrogen (secondary N) is 2. The largest absolute Gasteiger partial charge is 0.354 e. The SMILES string of the molecule is Cc1nc(NC(=O)CCCNc2ncccn2)sc1Cc1ccc(F)cc1F. The van der Waals surface area contributed by atoms with Gasteiger partial charge in [-0.15, -0.1) is 11.3 Å². The standard InChI is InChI=1S/C19H19F2N5OS/c1-12-16(10-13-5-6-14(20)11-15(13)21)28-19(25-12)26-17(27)4-2-7-22-18-23-8-3-9-24-18/h3,5-6,8-9,11H,2,4,7,10H2,1H3,(H,22,23,24)(H,25,26,27). The second-order valence-corrected chi connectivity index (χ2v) is 7.17. The van der Waals surface area contributed by atoms with Crippen molar-refractivity contribution in [3.8, 4) is 0 Å². The third-order valence-corrected chi connectivity index (χ3v) is 5.01. The summed E-state index contributed by atoms with van der Waals surface area (Å²) in [7, 11) is 0. The van der Waals surface area contributed by atoms with Gasteiger partial charge in [0.1, 0.15) is 11.6 Å². The highest BCUT2D eigenvalue weighted by atomic mass is 32.1. The summed E-state index contributed by atoms with van der Waals surface area (Å²) in [5.41, 5.74) is 1.10. The average Bonchev–Trinajstić information content (AvgIpc) is 3.01. The smallest absolute Gasteiger partial charge is 0.226 e. The highest BCUT2D eigenvalue weighted by Gasteiger charge is 2.13. The Morgan fingerprint density at radius 2 is 2.00 bits per heavy atom. The molecule has 3 rings (SSSR count). The highest BCUT2D eigenvalue weighted by molar-refractivity contribution is 7.15. The number of hydrogen-bond donors (Lipinski definition) is 2. The molecule has 0 aliphatic rings. The number of amides is 1. The van der Waals surface area contributed by atoms with Crippen molar-refractivity contribution in [2.75, 3.05) is 17.2 Å². The van der Waals surface area contributed by atoms with Crippen LogP contribution in [-0.2, 0) is 11.2 Å². The summed E-state index contributed by atoms with van der Waals surface area (Å²) < 4.78 is 26.9. The molecule has 0 saturated heterocycles. The number of aromatic nitrogens is 3. The zero-order chi connectivity index (χ0) is 19.9. The van der Waals surface area contributed by atoms with Gasteiger partial charge in [-0.3, -0.25) is 4.79 Å². The van der Waals surface area contributed by atoms with Crippen LogP contribution >= 0.6 is 11.3 Å². The Bertz CT molecular complexity index is 949. The molecule has 2 aromatic heterocycles. The number of anilines is 2. The van der Waals surface area contributed by atoms with Crippen LogP contribution in [0.15, 0.2) is 36.7 Å². The lowest BCUT2D eigenvalue weighted by Crippen LogP contribution is -2.13. The number of thiazole rings is 1. The summed E-state index contributed by atoms with van der Waals surface area (Å²) in [5, 5.41) is 6.27. The van der Waals surface area contributed by atoms with E-state index in [9.17, 15) is 13.6 Å². The minimum atomic E-state index is -0.608. The monoisotopic (exact) mass is 403 g/mol. The van der Waals surface area contributed by atoms with E-state index in [1.54, 1.807) is 25.4 Å². The Morgan fingerprint density at radius 3 is 2.75 bits per heavy atom. The second kappa shape index (κ2) is 9.32. The van der Waals surface area contributed by atoms with Gasteiger partial charge in [-0.2, -0.15) is 0 Å². The van der Waals surface area contributed by atoms with Crippen LogP contribution in [0, 0.1) is 18.6 Å². The maximum atomic E-state index is 13.8. The van der Waals surface area contributed by atoms with Gasteiger partial charge >= 0.3 is 0 Å². The van der Waals surface area contributed by atoms with Crippen LogP contribution in [0.25, 0.3) is 0 Å². The fourth-order valence-electron chi connectivity index (χ4n) is 2.50. The maximum Gasteiger partial charge on any atom is 0.226 e. The number of hydrogen-bond acceptors (Lipinski definition) is 6. The molecule has 0 aliphatic heterocycles. The van der Waals surface area contributed by atoms with Crippen molar-refractivity contribution < 1.29 is 13.6 Å². The van der Waals surface area contributed by atoms with Gasteiger partial charge in [-0.1, -0.05) is 6.07 Å². The number of halogens is 2. The van der Waals surface area contributed by atoms with Crippen LogP contribution in [0.3, 0.4) is 0 Å². The highest BCUT2D eigenvalue weighted by Crippen LogP contribution is 2.26. The van der Waals surface area contributed by atoms with Crippen LogP contribution in [0.2, 0.25) is 0 Å². The molecule has 0 bridgehead atoms. The predicted octanol–water partition coefficient (Wildman–Crippen LogP) is 3.94. The van der Waals surface area contributed by atoms with Crippen LogP contribution in [-0.4, -0.2) is 27.4 Å². The van der Waals surface area contributed by atoms with Crippen molar-refractivity contribution in [2.24, 2.45) is 0 Å². The Labute approximate surface area is 165 Å². The molecule has 0 aliphatic carbocycles. The van der Waals surface area contributed by atoms with Gasteiger partial charge < -0.3 is 10.6 Å². The normalized spacial score (nSPS) is 10.7. The first-order chi connectivity index (χ1) is 13.5. The van der Waals surface area contributed by atoms with E-state index in [-0.39, 0.29) is 5.91 Å². The molecule has 2 N–H and O–H groups in total. The lowest BCUT2D eigenvalue weighted by atomic mass is 10.1. The predicted molar refractivity (Wildman–Crippen MR) is 104 cm³/mol. The Morgan fingerprint density at radius 1 is 1.21 bits per heavy atom. The lowest BCUT2D eigenvalue weighted by molar-refractivity contribution is -0.116. The van der Waals surface area contributed by atoms with Crippen molar-refractivity contribution in [2.45, 2.75) is 26.2 Å². The molecule has 0 spiro atoms. The Balaban J connectivity index is 1.49. The van der Waals surface area contributed by atoms with E-state index in [1.165, 1.54) is 23.5 Å². The average molecular weight is 403 g/mol. The molecule has 3 aromatic rings. The van der Waals surface area contributed by atoms with Crippen LogP contribution < -0.4 is 10.6 Å². The fraction of sp³-hybridized carbons (Fsp3) is 0.263. The quantitative estimate of drug-likeness (QED) is 0.557. The van der Waals surface area contributed by atoms with Crippen molar-refractivity contribution in [1.29, 1.82) is 0 Å². The number of aryl methyl sites for hydroxylation is 1. The van der Waals surface area contributed by atoms with E-state index in [2.05, 4.69) is 25.6 Å². The minimum absolute atomic E-state index is 0.149. The molecule has 28 heavy (non-hydrogen) atoms. The van der Waals surface area contributed by atoms with Crippen LogP contribution in [0.5, 0.6) is 0 Å². The molecule has 6 nitrogen and oxygen atoms in total. The molecule has 9 heteroatoms. The van der Waals surface area contributed by atoms with Crippen LogP contribution in [0.4, 0.5) is 19.9 Å². The molecule has 0 atom stereocenters. The van der Waals surface area contributed by atoms with Crippen molar-refractivity contribution in [3.63, 3.8) is 0 Å². The van der Waals surface area contributed by atoms with Gasteiger partial charge in [-0.25, -0.2) is 23.7 Å². The zero-order valence-corrected chi connectivity index (χ0v) is 16.0. The molecule has 0 saturated carbocycles. The Kier molecular flexibility index (Phi) is 6.59. The van der Waals surface area contributed by atoms with E-state index in [0.717, 1.165) is 10.9 Å². The molecule has 1 amide bonds. The van der Waals surface area contributed by atoms with Gasteiger partial charge in [0.2, 0.25) is 11.9 Å². The summed E-state index contributed by atoms with van der Waals surface area (Å²) in [5.74, 6) is -0.822. The molecular weight excluding hydrogens is 384 g/mol. The van der Waals surface area contributed by atoms with Gasteiger partial charge in [-0.05, 0) is 31.0 Å². The van der Waals surface area contributed by atoms with Gasteiger partial charge in [0.05, 0.1) is 5.69 Å². The summed E-state index contributed by atoms with van der Waals surface area (Å²) in [6.07, 6.45) is 4.51. The first-order valence-corrected chi connectivity index (χ1v) is 9.54. The summed E-state index contributed by atoms with van der Waals surface area (Å²) in [6, 6.07) is 5.24. The van der Waals surface area contributed by atoms with Crippen LogP contribution in [0.1, 0.15) is 29.0 Å². The lowest BCUT2D eigenvalue weighted by Gasteiger charge is -2.04. The van der Waals surface area contributed by atoms with E-state index in [4.69, 9.17) is 0 Å². The van der Waals surface area contributed by atoms with Crippen molar-refractivity contribution in [1.82, 2.24) is 15.0 Å². The third-order valence-electron chi connectivity index (χ3n) is 3.93. The molecule has 0 radical (unpaired) electrons. The van der Waals surface area contributed by atoms with E-state index in [0.29, 0.717) is 48.1 Å². The molecular formula is C19H19F2N5OS. The van der Waals surface area contributed by atoms with Gasteiger partial charge in [0.25, 0.3) is 0 Å². The topological polar surface area (TPSA) is 79.8 Å². The van der Waals surface area contributed by atoms with Crippen molar-refractivity contribution >= 4 is 28.3 Å². The fourth-order valence-corrected chi connectivity index (χ4v) is 3.51. The number of nitrogens with zero attached hydrogens (tertiary/aromatic N) is 3. The molecule has 146 valence electrons. The molecule has 2 heterocycles. The first kappa shape index (κ1) is 19.8. The first-order valence-electron chi connectivity index (χ1n) is 8.72. The van der Waals surface area contributed by atoms with Gasteiger partial charge in [0, 0.05) is 42.7 Å². The summed E-state index contributed by atoms with van der Waals surface area (Å²) in [6.45, 7) is 2.37. The maximum absolute atomic E-state index is 13.8. The van der Waals surface area contributed by atoms with E-state index >= 15 is 0 Å². The molecule has 0 fully saturated rings. The van der Waals surface area contributed by atoms with Crippen molar-refractivity contribution in [3.05, 3.63) is 64.4 Å². The minimum Gasteiger partial charge on any atom is -0.354 e. The third kappa shape index (κ3) is 5.53. The summed E-state index contributed by atoms with van der Waals surface area (Å²) in [4.78, 5) is 25.3. The number of rotatable bonds is 8. The van der Waals surface area contributed by atoms with E-state index < -0.39 is 11.6 Å². The van der Waals surface area contributed by atoms with E-state index in [1.807, 2.05) is 0 Å². The summed E-state index contributed by atoms with van der Waals surface area (Å²) >= 11 is 1.29. The zero-order valence-electron chi connectivity index (χ0n) is 15.2. The second-order valence-electron chi connectivity index (χ2n) is 6.09.